The number of esters is 3. The van der Waals surface area contributed by atoms with E-state index in [-0.39, 0.29) is 30.6 Å². The molecule has 0 aromatic rings. The first kappa shape index (κ1) is 22.6. The number of hydrogen-bond donors (Lipinski definition) is 1. The average molecular weight is 330 g/mol. The van der Waals surface area contributed by atoms with Gasteiger partial charge in [0.25, 0.3) is 0 Å². The molecule has 8 nitrogen and oxygen atoms in total. The zero-order valence-electron chi connectivity index (χ0n) is 13.5. The summed E-state index contributed by atoms with van der Waals surface area (Å²) < 4.78 is 13.5. The Morgan fingerprint density at radius 3 is 1.74 bits per heavy atom. The van der Waals surface area contributed by atoms with Crippen LogP contribution in [0.2, 0.25) is 0 Å². The van der Waals surface area contributed by atoms with Gasteiger partial charge in [-0.05, 0) is 13.8 Å². The number of rotatable bonds is 8. The zero-order chi connectivity index (χ0) is 18.4. The average Bonchev–Trinajstić information content (AvgIpc) is 2.46. The van der Waals surface area contributed by atoms with Crippen LogP contribution < -0.4 is 0 Å². The number of carboxylic acids is 1. The summed E-state index contributed by atoms with van der Waals surface area (Å²) in [6.07, 6.45) is -0.473. The van der Waals surface area contributed by atoms with Gasteiger partial charge in [-0.3, -0.25) is 9.59 Å². The van der Waals surface area contributed by atoms with E-state index >= 15 is 0 Å². The predicted octanol–water partition coefficient (Wildman–Crippen LogP) is 1.25. The highest BCUT2D eigenvalue weighted by molar-refractivity contribution is 5.93. The van der Waals surface area contributed by atoms with Gasteiger partial charge >= 0.3 is 23.9 Å². The van der Waals surface area contributed by atoms with E-state index in [1.807, 2.05) is 0 Å². The Kier molecular flexibility index (Phi) is 12.8. The van der Waals surface area contributed by atoms with Crippen molar-refractivity contribution in [3.05, 3.63) is 24.3 Å². The van der Waals surface area contributed by atoms with Crippen LogP contribution in [0.1, 0.15) is 26.7 Å². The summed E-state index contributed by atoms with van der Waals surface area (Å²) in [4.78, 5) is 42.2. The summed E-state index contributed by atoms with van der Waals surface area (Å²) in [7, 11) is 1.18. The zero-order valence-corrected chi connectivity index (χ0v) is 13.5. The van der Waals surface area contributed by atoms with Gasteiger partial charge in [0.2, 0.25) is 0 Å². The van der Waals surface area contributed by atoms with Crippen LogP contribution in [-0.4, -0.2) is 49.3 Å². The minimum absolute atomic E-state index is 0.0463. The minimum atomic E-state index is -1.09. The first-order valence-electron chi connectivity index (χ1n) is 6.67. The van der Waals surface area contributed by atoms with Gasteiger partial charge in [-0.1, -0.05) is 13.2 Å². The Balaban J connectivity index is 0. The molecule has 0 saturated heterocycles. The Hall–Kier alpha value is -2.64. The molecule has 23 heavy (non-hydrogen) atoms. The maximum absolute atomic E-state index is 11.0. The van der Waals surface area contributed by atoms with E-state index in [0.29, 0.717) is 6.61 Å². The number of hydrogen-bond acceptors (Lipinski definition) is 7. The molecule has 0 radical (unpaired) electrons. The quantitative estimate of drug-likeness (QED) is 0.401. The number of carboxylic acid groups (broad SMARTS) is 1. The van der Waals surface area contributed by atoms with Crippen molar-refractivity contribution < 1.29 is 38.5 Å². The first-order chi connectivity index (χ1) is 10.7. The molecule has 0 amide bonds. The van der Waals surface area contributed by atoms with Crippen molar-refractivity contribution in [3.63, 3.8) is 0 Å². The molecule has 0 fully saturated rings. The summed E-state index contributed by atoms with van der Waals surface area (Å²) >= 11 is 0. The van der Waals surface area contributed by atoms with Gasteiger partial charge in [-0.25, -0.2) is 9.59 Å². The molecule has 0 rings (SSSR count). The van der Waals surface area contributed by atoms with Gasteiger partial charge in [-0.2, -0.15) is 0 Å². The summed E-state index contributed by atoms with van der Waals surface area (Å²) in [5, 5.41) is 8.16. The van der Waals surface area contributed by atoms with Crippen molar-refractivity contribution in [2.45, 2.75) is 26.7 Å². The third-order valence-electron chi connectivity index (χ3n) is 2.07. The summed E-state index contributed by atoms with van der Waals surface area (Å²) in [5.41, 5.74) is 0.0790. The van der Waals surface area contributed by atoms with E-state index in [2.05, 4.69) is 27.4 Å². The van der Waals surface area contributed by atoms with Crippen LogP contribution in [-0.2, 0) is 33.4 Å². The normalized spacial score (nSPS) is 8.83. The highest BCUT2D eigenvalue weighted by Gasteiger charge is 2.12. The number of ether oxygens (including phenoxy) is 3. The number of aliphatic carboxylic acids is 1. The molecule has 0 aliphatic heterocycles. The molecule has 8 heteroatoms. The van der Waals surface area contributed by atoms with Crippen LogP contribution in [0.4, 0.5) is 0 Å². The Bertz CT molecular complexity index is 464. The van der Waals surface area contributed by atoms with E-state index in [1.165, 1.54) is 7.11 Å². The molecule has 0 atom stereocenters. The fourth-order valence-electron chi connectivity index (χ4n) is 1.09. The van der Waals surface area contributed by atoms with Crippen LogP contribution in [0.25, 0.3) is 0 Å². The van der Waals surface area contributed by atoms with Crippen molar-refractivity contribution in [1.82, 2.24) is 0 Å². The molecule has 130 valence electrons. The predicted molar refractivity (Wildman–Crippen MR) is 80.4 cm³/mol. The molecule has 0 aromatic heterocycles. The van der Waals surface area contributed by atoms with Gasteiger partial charge in [0, 0.05) is 11.1 Å². The minimum Gasteiger partial charge on any atom is -0.481 e. The van der Waals surface area contributed by atoms with E-state index < -0.39 is 23.9 Å². The summed E-state index contributed by atoms with van der Waals surface area (Å²) in [6.45, 7) is 10.6. The van der Waals surface area contributed by atoms with Crippen molar-refractivity contribution in [2.24, 2.45) is 0 Å². The van der Waals surface area contributed by atoms with Crippen LogP contribution in [0.15, 0.2) is 24.3 Å². The van der Waals surface area contributed by atoms with E-state index in [4.69, 9.17) is 5.11 Å². The van der Waals surface area contributed by atoms with Gasteiger partial charge in [-0.15, -0.1) is 0 Å². The molecule has 1 N–H and O–H groups in total. The van der Waals surface area contributed by atoms with Crippen LogP contribution in [0.3, 0.4) is 0 Å². The van der Waals surface area contributed by atoms with Crippen LogP contribution >= 0.6 is 0 Å². The summed E-state index contributed by atoms with van der Waals surface area (Å²) in [6, 6.07) is 0. The molecule has 0 heterocycles. The number of methoxy groups -OCH3 is 1. The Morgan fingerprint density at radius 1 is 0.870 bits per heavy atom. The van der Waals surface area contributed by atoms with Gasteiger partial charge in [0.15, 0.2) is 0 Å². The lowest BCUT2D eigenvalue weighted by Gasteiger charge is -2.04. The van der Waals surface area contributed by atoms with Crippen molar-refractivity contribution >= 4 is 23.9 Å². The first-order valence-corrected chi connectivity index (χ1v) is 6.67. The second kappa shape index (κ2) is 13.1. The monoisotopic (exact) mass is 330 g/mol. The van der Waals surface area contributed by atoms with Gasteiger partial charge < -0.3 is 19.3 Å². The fourth-order valence-corrected chi connectivity index (χ4v) is 1.09. The molecule has 0 saturated carbocycles. The SMILES string of the molecule is C=C(CC(=O)O)C(=O)OC.C=C(CC(=O)OCC)C(=O)OCC. The lowest BCUT2D eigenvalue weighted by Crippen LogP contribution is -2.12. The molecule has 0 aliphatic rings. The van der Waals surface area contributed by atoms with Crippen molar-refractivity contribution in [2.75, 3.05) is 20.3 Å². The van der Waals surface area contributed by atoms with E-state index in [0.717, 1.165) is 0 Å². The largest absolute Gasteiger partial charge is 0.481 e. The molecule has 0 aromatic carbocycles. The van der Waals surface area contributed by atoms with E-state index in [9.17, 15) is 19.2 Å². The van der Waals surface area contributed by atoms with Crippen molar-refractivity contribution in [1.29, 1.82) is 0 Å². The smallest absolute Gasteiger partial charge is 0.333 e. The second-order valence-corrected chi connectivity index (χ2v) is 3.97. The highest BCUT2D eigenvalue weighted by atomic mass is 16.5. The van der Waals surface area contributed by atoms with Crippen LogP contribution in [0.5, 0.6) is 0 Å². The third-order valence-corrected chi connectivity index (χ3v) is 2.07. The third kappa shape index (κ3) is 12.8. The Labute approximate surface area is 134 Å². The molecule has 0 unspecified atom stereocenters. The number of carbonyl (C=O) groups excluding carboxylic acids is 3. The molecular weight excluding hydrogens is 308 g/mol. The van der Waals surface area contributed by atoms with Crippen LogP contribution in [0, 0.1) is 0 Å². The second-order valence-electron chi connectivity index (χ2n) is 3.97. The topological polar surface area (TPSA) is 116 Å². The maximum atomic E-state index is 11.0. The van der Waals surface area contributed by atoms with Crippen molar-refractivity contribution in [3.8, 4) is 0 Å². The Morgan fingerprint density at radius 2 is 1.35 bits per heavy atom. The lowest BCUT2D eigenvalue weighted by atomic mass is 10.2. The highest BCUT2D eigenvalue weighted by Crippen LogP contribution is 2.02. The van der Waals surface area contributed by atoms with Gasteiger partial charge in [0.05, 0.1) is 33.2 Å². The number of carbonyl (C=O) groups is 4. The fraction of sp³-hybridized carbons (Fsp3) is 0.467. The molecular formula is C15H22O8. The molecule has 0 aliphatic carbocycles. The maximum Gasteiger partial charge on any atom is 0.333 e. The molecule has 0 bridgehead atoms. The lowest BCUT2D eigenvalue weighted by molar-refractivity contribution is -0.145. The molecule has 0 spiro atoms. The van der Waals surface area contributed by atoms with E-state index in [1.54, 1.807) is 13.8 Å². The summed E-state index contributed by atoms with van der Waals surface area (Å²) in [5.74, 6) is -2.77. The van der Waals surface area contributed by atoms with Gasteiger partial charge in [0.1, 0.15) is 0 Å². The standard InChI is InChI=1S/C9H14O4.C6H8O4/c1-4-12-8(10)6-7(3)9(11)13-5-2;1-4(3-5(7)8)6(9)10-2/h3-6H2,1-2H3;1,3H2,2H3,(H,7,8).